The van der Waals surface area contributed by atoms with Crippen LogP contribution in [0.3, 0.4) is 0 Å². The summed E-state index contributed by atoms with van der Waals surface area (Å²) in [6.07, 6.45) is 2.18. The van der Waals surface area contributed by atoms with Crippen LogP contribution in [0.4, 0.5) is 10.1 Å². The molecule has 0 aromatic heterocycles. The quantitative estimate of drug-likeness (QED) is 0.791. The summed E-state index contributed by atoms with van der Waals surface area (Å²) in [7, 11) is -0.966. The molecule has 0 unspecified atom stereocenters. The van der Waals surface area contributed by atoms with Gasteiger partial charge in [0, 0.05) is 27.2 Å². The van der Waals surface area contributed by atoms with E-state index in [1.54, 1.807) is 0 Å². The van der Waals surface area contributed by atoms with Crippen LogP contribution in [0.2, 0.25) is 5.02 Å². The van der Waals surface area contributed by atoms with Gasteiger partial charge in [-0.1, -0.05) is 23.4 Å². The summed E-state index contributed by atoms with van der Waals surface area (Å²) in [4.78, 5) is 4.22. The predicted octanol–water partition coefficient (Wildman–Crippen LogP) is 2.73. The lowest BCUT2D eigenvalue weighted by Gasteiger charge is -2.32. The minimum atomic E-state index is -3.77. The normalized spacial score (nSPS) is 20.9. The van der Waals surface area contributed by atoms with Gasteiger partial charge in [-0.25, -0.2) is 27.1 Å². The van der Waals surface area contributed by atoms with Crippen LogP contribution in [0.5, 0.6) is 0 Å². The molecule has 0 atom stereocenters. The highest BCUT2D eigenvalue weighted by Gasteiger charge is 2.30. The Morgan fingerprint density at radius 3 is 2.71 bits per heavy atom. The summed E-state index contributed by atoms with van der Waals surface area (Å²) >= 11 is 7.46. The molecule has 2 heterocycles. The van der Waals surface area contributed by atoms with Crippen LogP contribution >= 0.6 is 23.4 Å². The Labute approximate surface area is 150 Å². The topological polar surface area (TPSA) is 56.2 Å². The first-order valence-electron chi connectivity index (χ1n) is 7.46. The van der Waals surface area contributed by atoms with E-state index in [1.807, 2.05) is 5.01 Å². The molecule has 0 amide bonds. The summed E-state index contributed by atoms with van der Waals surface area (Å²) in [6.45, 7) is 1.79. The molecule has 10 heteroatoms. The van der Waals surface area contributed by atoms with E-state index in [9.17, 15) is 12.8 Å². The third kappa shape index (κ3) is 3.28. The number of fused-ring (bicyclic) bond motifs is 1. The minimum Gasteiger partial charge on any atom is -0.283 e. The summed E-state index contributed by atoms with van der Waals surface area (Å²) in [5.41, 5.74) is -0.0188. The predicted molar refractivity (Wildman–Crippen MR) is 94.5 cm³/mol. The van der Waals surface area contributed by atoms with Gasteiger partial charge >= 0.3 is 0 Å². The standard InChI is InChI=1S/C14H18ClFN4O2S2/c1-18(2)24(21,22)13-8-12(11(16)7-10(13)15)17-14-20-6-4-3-5-19(20)9-23-14/h7-8H,3-6,9H2,1-2H3. The molecule has 0 bridgehead atoms. The van der Waals surface area contributed by atoms with Gasteiger partial charge in [0.05, 0.1) is 10.9 Å². The Bertz CT molecular complexity index is 785. The molecule has 2 fully saturated rings. The van der Waals surface area contributed by atoms with Gasteiger partial charge in [-0.3, -0.25) is 5.01 Å². The average molecular weight is 393 g/mol. The smallest absolute Gasteiger partial charge is 0.244 e. The third-order valence-electron chi connectivity index (χ3n) is 3.92. The van der Waals surface area contributed by atoms with Gasteiger partial charge in [-0.15, -0.1) is 0 Å². The van der Waals surface area contributed by atoms with Crippen LogP contribution in [0.15, 0.2) is 22.0 Å². The first-order chi connectivity index (χ1) is 11.3. The maximum Gasteiger partial charge on any atom is 0.244 e. The maximum absolute atomic E-state index is 14.3. The number of hydrazine groups is 1. The fraction of sp³-hybridized carbons (Fsp3) is 0.500. The zero-order valence-electron chi connectivity index (χ0n) is 13.4. The van der Waals surface area contributed by atoms with E-state index < -0.39 is 15.8 Å². The largest absolute Gasteiger partial charge is 0.283 e. The van der Waals surface area contributed by atoms with E-state index in [2.05, 4.69) is 10.0 Å². The lowest BCUT2D eigenvalue weighted by Crippen LogP contribution is -2.43. The van der Waals surface area contributed by atoms with E-state index in [0.29, 0.717) is 5.17 Å². The number of benzene rings is 1. The molecule has 1 aromatic carbocycles. The molecule has 3 rings (SSSR count). The summed E-state index contributed by atoms with van der Waals surface area (Å²) < 4.78 is 40.0. The molecular weight excluding hydrogens is 375 g/mol. The molecule has 0 radical (unpaired) electrons. The van der Waals surface area contributed by atoms with Crippen molar-refractivity contribution < 1.29 is 12.8 Å². The minimum absolute atomic E-state index is 0.0188. The van der Waals surface area contributed by atoms with E-state index in [-0.39, 0.29) is 15.6 Å². The molecular formula is C14H18ClFN4O2S2. The van der Waals surface area contributed by atoms with Crippen molar-refractivity contribution in [2.24, 2.45) is 4.99 Å². The SMILES string of the molecule is CN(C)S(=O)(=O)c1cc(N=C2SCN3CCCCN23)c(F)cc1Cl. The van der Waals surface area contributed by atoms with Gasteiger partial charge in [0.2, 0.25) is 10.0 Å². The number of sulfonamides is 1. The molecule has 1 aromatic rings. The molecule has 2 aliphatic heterocycles. The fourth-order valence-electron chi connectivity index (χ4n) is 2.57. The van der Waals surface area contributed by atoms with Crippen LogP contribution in [-0.2, 0) is 10.0 Å². The monoisotopic (exact) mass is 392 g/mol. The molecule has 132 valence electrons. The van der Waals surface area contributed by atoms with Gasteiger partial charge in [-0.2, -0.15) is 0 Å². The van der Waals surface area contributed by atoms with Crippen molar-refractivity contribution in [3.05, 3.63) is 23.0 Å². The van der Waals surface area contributed by atoms with Crippen molar-refractivity contribution in [1.82, 2.24) is 14.3 Å². The van der Waals surface area contributed by atoms with Gasteiger partial charge in [0.1, 0.15) is 16.4 Å². The van der Waals surface area contributed by atoms with E-state index >= 15 is 0 Å². The zero-order valence-corrected chi connectivity index (χ0v) is 15.8. The Morgan fingerprint density at radius 1 is 1.29 bits per heavy atom. The summed E-state index contributed by atoms with van der Waals surface area (Å²) in [5, 5.41) is 4.73. The summed E-state index contributed by atoms with van der Waals surface area (Å²) in [5.74, 6) is 0.137. The van der Waals surface area contributed by atoms with Crippen LogP contribution in [0.1, 0.15) is 12.8 Å². The highest BCUT2D eigenvalue weighted by molar-refractivity contribution is 8.14. The zero-order chi connectivity index (χ0) is 17.5. The molecule has 6 nitrogen and oxygen atoms in total. The van der Waals surface area contributed by atoms with Crippen molar-refractivity contribution in [3.63, 3.8) is 0 Å². The van der Waals surface area contributed by atoms with Crippen LogP contribution in [0.25, 0.3) is 0 Å². The van der Waals surface area contributed by atoms with E-state index in [0.717, 1.165) is 42.2 Å². The second kappa shape index (κ2) is 6.80. The first-order valence-corrected chi connectivity index (χ1v) is 10.3. The Morgan fingerprint density at radius 2 is 2.00 bits per heavy atom. The lowest BCUT2D eigenvalue weighted by molar-refractivity contribution is 0.0486. The van der Waals surface area contributed by atoms with Gasteiger partial charge in [-0.05, 0) is 25.0 Å². The van der Waals surface area contributed by atoms with Gasteiger partial charge in [0.25, 0.3) is 0 Å². The highest BCUT2D eigenvalue weighted by atomic mass is 35.5. The number of halogens is 2. The Hall–Kier alpha value is -0.870. The number of hydrogen-bond acceptors (Lipinski definition) is 5. The second-order valence-electron chi connectivity index (χ2n) is 5.75. The second-order valence-corrected chi connectivity index (χ2v) is 9.19. The van der Waals surface area contributed by atoms with Gasteiger partial charge < -0.3 is 0 Å². The van der Waals surface area contributed by atoms with Crippen molar-refractivity contribution in [3.8, 4) is 0 Å². The van der Waals surface area contributed by atoms with Crippen LogP contribution in [0, 0.1) is 5.82 Å². The third-order valence-corrected chi connectivity index (χ3v) is 7.18. The Balaban J connectivity index is 2.01. The van der Waals surface area contributed by atoms with E-state index in [1.165, 1.54) is 31.9 Å². The molecule has 0 saturated carbocycles. The van der Waals surface area contributed by atoms with Gasteiger partial charge in [0.15, 0.2) is 5.17 Å². The number of nitrogens with zero attached hydrogens (tertiary/aromatic N) is 4. The number of hydrogen-bond donors (Lipinski definition) is 0. The number of amidine groups is 1. The molecule has 0 aliphatic carbocycles. The molecule has 24 heavy (non-hydrogen) atoms. The summed E-state index contributed by atoms with van der Waals surface area (Å²) in [6, 6.07) is 2.21. The molecule has 0 spiro atoms. The number of aliphatic imine (C=N–C) groups is 1. The molecule has 2 saturated heterocycles. The van der Waals surface area contributed by atoms with Crippen molar-refractivity contribution >= 4 is 44.2 Å². The van der Waals surface area contributed by atoms with Crippen molar-refractivity contribution in [1.29, 1.82) is 0 Å². The molecule has 2 aliphatic rings. The maximum atomic E-state index is 14.3. The number of thioether (sulfide) groups is 1. The van der Waals surface area contributed by atoms with Crippen molar-refractivity contribution in [2.45, 2.75) is 17.7 Å². The highest BCUT2D eigenvalue weighted by Crippen LogP contribution is 2.34. The Kier molecular flexibility index (Phi) is 5.08. The fourth-order valence-corrected chi connectivity index (χ4v) is 5.02. The van der Waals surface area contributed by atoms with Crippen LogP contribution < -0.4 is 0 Å². The van der Waals surface area contributed by atoms with Crippen molar-refractivity contribution in [2.75, 3.05) is 33.1 Å². The average Bonchev–Trinajstić information content (AvgIpc) is 2.93. The first kappa shape index (κ1) is 17.9. The number of rotatable bonds is 3. The van der Waals surface area contributed by atoms with Crippen LogP contribution in [-0.4, -0.2) is 61.0 Å². The van der Waals surface area contributed by atoms with E-state index in [4.69, 9.17) is 11.6 Å². The lowest BCUT2D eigenvalue weighted by atomic mass is 10.2. The molecule has 0 N–H and O–H groups in total.